The Morgan fingerprint density at radius 2 is 1.84 bits per heavy atom. The number of benzene rings is 2. The van der Waals surface area contributed by atoms with Gasteiger partial charge in [-0.3, -0.25) is 18.7 Å². The molecule has 4 rings (SSSR count). The Kier molecular flexibility index (Phi) is 5.54. The molecule has 31 heavy (non-hydrogen) atoms. The Morgan fingerprint density at radius 1 is 1.06 bits per heavy atom. The monoisotopic (exact) mass is 423 g/mol. The van der Waals surface area contributed by atoms with Gasteiger partial charge in [0.05, 0.1) is 37.7 Å². The van der Waals surface area contributed by atoms with Crippen LogP contribution >= 0.6 is 0 Å². The van der Waals surface area contributed by atoms with Crippen molar-refractivity contribution < 1.29 is 14.3 Å². The van der Waals surface area contributed by atoms with E-state index in [-0.39, 0.29) is 23.8 Å². The van der Waals surface area contributed by atoms with Crippen LogP contribution in [0, 0.1) is 6.92 Å². The van der Waals surface area contributed by atoms with Crippen LogP contribution in [0.2, 0.25) is 0 Å². The fraction of sp³-hybridized carbons (Fsp3) is 0.348. The molecule has 1 atom stereocenters. The molecule has 1 aliphatic rings. The second-order valence-corrected chi connectivity index (χ2v) is 7.80. The zero-order chi connectivity index (χ0) is 22.1. The van der Waals surface area contributed by atoms with Crippen molar-refractivity contribution in [3.8, 4) is 11.5 Å². The number of rotatable bonds is 6. The molecule has 0 saturated carbocycles. The molecule has 2 aromatic carbocycles. The summed E-state index contributed by atoms with van der Waals surface area (Å²) in [5, 5.41) is 0.490. The van der Waals surface area contributed by atoms with Crippen LogP contribution in [0.1, 0.15) is 23.6 Å². The molecule has 0 radical (unpaired) electrons. The van der Waals surface area contributed by atoms with Crippen LogP contribution in [-0.4, -0.2) is 47.8 Å². The predicted molar refractivity (Wildman–Crippen MR) is 117 cm³/mol. The number of aryl methyl sites for hydroxylation is 1. The molecule has 0 N–H and O–H groups in total. The summed E-state index contributed by atoms with van der Waals surface area (Å²) in [6.45, 7) is 3.05. The third-order valence-corrected chi connectivity index (χ3v) is 5.82. The quantitative estimate of drug-likeness (QED) is 0.566. The number of hydrogen-bond acceptors (Lipinski definition) is 5. The van der Waals surface area contributed by atoms with Crippen LogP contribution in [0.4, 0.5) is 0 Å². The molecule has 1 amide bonds. The van der Waals surface area contributed by atoms with Crippen molar-refractivity contribution in [3.63, 3.8) is 0 Å². The summed E-state index contributed by atoms with van der Waals surface area (Å²) in [7, 11) is 3.09. The van der Waals surface area contributed by atoms with Gasteiger partial charge in [-0.1, -0.05) is 17.7 Å². The lowest BCUT2D eigenvalue weighted by Crippen LogP contribution is -2.42. The van der Waals surface area contributed by atoms with E-state index in [0.717, 1.165) is 17.5 Å². The van der Waals surface area contributed by atoms with Gasteiger partial charge in [0.1, 0.15) is 0 Å². The number of amides is 1. The third-order valence-electron chi connectivity index (χ3n) is 5.82. The first-order chi connectivity index (χ1) is 15.0. The smallest absolute Gasteiger partial charge is 0.332 e. The number of carbonyl (C=O) groups excluding carboxylic acids is 1. The lowest BCUT2D eigenvalue weighted by Gasteiger charge is -2.20. The van der Waals surface area contributed by atoms with Gasteiger partial charge in [-0.05, 0) is 43.2 Å². The van der Waals surface area contributed by atoms with E-state index in [1.54, 1.807) is 35.8 Å². The average molecular weight is 423 g/mol. The van der Waals surface area contributed by atoms with Gasteiger partial charge >= 0.3 is 5.69 Å². The van der Waals surface area contributed by atoms with E-state index in [4.69, 9.17) is 9.47 Å². The van der Waals surface area contributed by atoms with E-state index >= 15 is 0 Å². The van der Waals surface area contributed by atoms with Crippen LogP contribution in [0.15, 0.2) is 46.0 Å². The van der Waals surface area contributed by atoms with Gasteiger partial charge in [0.25, 0.3) is 5.56 Å². The number of aromatic nitrogens is 2. The Balaban J connectivity index is 1.89. The number of hydrogen-bond donors (Lipinski definition) is 0. The number of fused-ring (bicyclic) bond motifs is 1. The molecule has 2 heterocycles. The van der Waals surface area contributed by atoms with E-state index in [9.17, 15) is 14.4 Å². The summed E-state index contributed by atoms with van der Waals surface area (Å²) in [5.74, 6) is 1.10. The summed E-state index contributed by atoms with van der Waals surface area (Å²) in [6.07, 6.45) is 1.47. The highest BCUT2D eigenvalue weighted by atomic mass is 16.5. The molecule has 8 nitrogen and oxygen atoms in total. The first kappa shape index (κ1) is 20.7. The molecule has 1 fully saturated rings. The van der Waals surface area contributed by atoms with Crippen molar-refractivity contribution in [2.75, 3.05) is 27.3 Å². The maximum atomic E-state index is 13.5. The molecule has 3 aromatic rings. The highest BCUT2D eigenvalue weighted by molar-refractivity contribution is 5.79. The summed E-state index contributed by atoms with van der Waals surface area (Å²) in [6, 6.07) is 10.7. The van der Waals surface area contributed by atoms with E-state index in [2.05, 4.69) is 0 Å². The average Bonchev–Trinajstić information content (AvgIpc) is 3.26. The molecule has 1 unspecified atom stereocenters. The number of likely N-dealkylation sites (tertiary alicyclic amines) is 1. The number of ether oxygens (including phenoxy) is 2. The summed E-state index contributed by atoms with van der Waals surface area (Å²) in [4.78, 5) is 39.7. The van der Waals surface area contributed by atoms with E-state index in [1.165, 1.54) is 4.57 Å². The maximum absolute atomic E-state index is 13.5. The third kappa shape index (κ3) is 3.69. The second-order valence-electron chi connectivity index (χ2n) is 7.80. The Hall–Kier alpha value is -3.55. The van der Waals surface area contributed by atoms with Gasteiger partial charge in [-0.2, -0.15) is 0 Å². The zero-order valence-corrected chi connectivity index (χ0v) is 17.8. The Bertz CT molecular complexity index is 1260. The van der Waals surface area contributed by atoms with Gasteiger partial charge < -0.3 is 14.4 Å². The van der Waals surface area contributed by atoms with E-state index in [0.29, 0.717) is 41.9 Å². The van der Waals surface area contributed by atoms with Crippen LogP contribution in [-0.2, 0) is 11.3 Å². The van der Waals surface area contributed by atoms with Gasteiger partial charge in [-0.15, -0.1) is 0 Å². The number of carbonyl (C=O) groups is 1. The Morgan fingerprint density at radius 3 is 2.52 bits per heavy atom. The SMILES string of the molecule is COc1ccc(Cn2c(=O)c3cc(C)ccc3n(C3CCN(C=O)C3)c2=O)cc1OC. The lowest BCUT2D eigenvalue weighted by molar-refractivity contribution is -0.117. The zero-order valence-electron chi connectivity index (χ0n) is 17.8. The van der Waals surface area contributed by atoms with Gasteiger partial charge in [0.2, 0.25) is 6.41 Å². The minimum atomic E-state index is -0.381. The normalized spacial score (nSPS) is 16.0. The first-order valence-electron chi connectivity index (χ1n) is 10.1. The molecular formula is C23H25N3O5. The predicted octanol–water partition coefficient (Wildman–Crippen LogP) is 1.94. The largest absolute Gasteiger partial charge is 0.493 e. The van der Waals surface area contributed by atoms with Crippen molar-refractivity contribution in [2.24, 2.45) is 0 Å². The van der Waals surface area contributed by atoms with Gasteiger partial charge in [-0.25, -0.2) is 4.79 Å². The Labute approximate surface area is 179 Å². The molecule has 0 spiro atoms. The minimum absolute atomic E-state index is 0.103. The summed E-state index contributed by atoms with van der Waals surface area (Å²) < 4.78 is 13.6. The van der Waals surface area contributed by atoms with Gasteiger partial charge in [0, 0.05) is 13.1 Å². The van der Waals surface area contributed by atoms with Crippen LogP contribution in [0.5, 0.6) is 11.5 Å². The van der Waals surface area contributed by atoms with Crippen LogP contribution in [0.3, 0.4) is 0 Å². The van der Waals surface area contributed by atoms with Crippen LogP contribution in [0.25, 0.3) is 10.9 Å². The fourth-order valence-electron chi connectivity index (χ4n) is 4.23. The van der Waals surface area contributed by atoms with Crippen LogP contribution < -0.4 is 20.7 Å². The molecule has 1 aromatic heterocycles. The summed E-state index contributed by atoms with van der Waals surface area (Å²) in [5.41, 5.74) is 1.57. The topological polar surface area (TPSA) is 82.8 Å². The lowest BCUT2D eigenvalue weighted by atomic mass is 10.1. The van der Waals surface area contributed by atoms with Crippen molar-refractivity contribution in [1.29, 1.82) is 0 Å². The van der Waals surface area contributed by atoms with Crippen molar-refractivity contribution in [2.45, 2.75) is 25.9 Å². The summed E-state index contributed by atoms with van der Waals surface area (Å²) >= 11 is 0. The molecule has 162 valence electrons. The number of methoxy groups -OCH3 is 2. The molecular weight excluding hydrogens is 398 g/mol. The van der Waals surface area contributed by atoms with Crippen molar-refractivity contribution >= 4 is 17.3 Å². The standard InChI is InChI=1S/C23H25N3O5/c1-15-4-6-19-18(10-15)22(28)25(12-16-5-7-20(30-2)21(11-16)31-3)23(29)26(19)17-8-9-24(13-17)14-27/h4-7,10-11,14,17H,8-9,12-13H2,1-3H3. The van der Waals surface area contributed by atoms with Gasteiger partial charge in [0.15, 0.2) is 11.5 Å². The molecule has 1 saturated heterocycles. The molecule has 0 bridgehead atoms. The minimum Gasteiger partial charge on any atom is -0.493 e. The molecule has 8 heteroatoms. The maximum Gasteiger partial charge on any atom is 0.332 e. The number of nitrogens with zero attached hydrogens (tertiary/aromatic N) is 3. The van der Waals surface area contributed by atoms with E-state index < -0.39 is 0 Å². The molecule has 1 aliphatic heterocycles. The first-order valence-corrected chi connectivity index (χ1v) is 10.1. The van der Waals surface area contributed by atoms with Crippen molar-refractivity contribution in [1.82, 2.24) is 14.0 Å². The molecule has 0 aliphatic carbocycles. The fourth-order valence-corrected chi connectivity index (χ4v) is 4.23. The highest BCUT2D eigenvalue weighted by Gasteiger charge is 2.27. The second kappa shape index (κ2) is 8.29. The highest BCUT2D eigenvalue weighted by Crippen LogP contribution is 2.28. The van der Waals surface area contributed by atoms with E-state index in [1.807, 2.05) is 31.2 Å². The van der Waals surface area contributed by atoms with Crippen molar-refractivity contribution in [3.05, 3.63) is 68.4 Å².